The fraction of sp³-hybridized carbons (Fsp3) is 0.143. The molecule has 3 aromatic rings. The number of ether oxygens (including phenoxy) is 2. The minimum absolute atomic E-state index is 0.824. The van der Waals surface area contributed by atoms with Crippen molar-refractivity contribution in [3.05, 3.63) is 83.4 Å². The molecule has 0 unspecified atom stereocenters. The van der Waals surface area contributed by atoms with Crippen LogP contribution in [0.25, 0.3) is 0 Å². The summed E-state index contributed by atoms with van der Waals surface area (Å²) >= 11 is 0. The molecule has 0 amide bonds. The van der Waals surface area contributed by atoms with Gasteiger partial charge in [0.25, 0.3) is 0 Å². The maximum Gasteiger partial charge on any atom is 0.137 e. The van der Waals surface area contributed by atoms with Crippen LogP contribution in [0.15, 0.2) is 66.7 Å². The molecule has 0 aliphatic heterocycles. The van der Waals surface area contributed by atoms with E-state index in [1.165, 1.54) is 0 Å². The summed E-state index contributed by atoms with van der Waals surface area (Å²) in [4.78, 5) is 0. The zero-order valence-corrected chi connectivity index (χ0v) is 13.7. The molecule has 116 valence electrons. The summed E-state index contributed by atoms with van der Waals surface area (Å²) < 4.78 is 12.2. The van der Waals surface area contributed by atoms with Crippen LogP contribution in [0.1, 0.15) is 16.7 Å². The molecule has 2 heteroatoms. The molecule has 0 saturated heterocycles. The predicted octanol–water partition coefficient (Wildman–Crippen LogP) is 6.20. The lowest BCUT2D eigenvalue weighted by Gasteiger charge is -2.18. The van der Waals surface area contributed by atoms with Gasteiger partial charge in [0.2, 0.25) is 0 Å². The predicted molar refractivity (Wildman–Crippen MR) is 93.7 cm³/mol. The third kappa shape index (κ3) is 3.37. The van der Waals surface area contributed by atoms with Gasteiger partial charge in [0.15, 0.2) is 0 Å². The molecule has 0 fully saturated rings. The summed E-state index contributed by atoms with van der Waals surface area (Å²) in [6, 6.07) is 21.7. The molecule has 3 aromatic carbocycles. The lowest BCUT2D eigenvalue weighted by Crippen LogP contribution is -1.97. The smallest absolute Gasteiger partial charge is 0.137 e. The Morgan fingerprint density at radius 1 is 0.609 bits per heavy atom. The quantitative estimate of drug-likeness (QED) is 0.571. The molecule has 0 N–H and O–H groups in total. The van der Waals surface area contributed by atoms with E-state index in [0.717, 1.165) is 39.7 Å². The van der Waals surface area contributed by atoms with E-state index in [1.807, 2.05) is 67.6 Å². The standard InChI is InChI=1S/C21H20O2/c1-15-14-20(22-18-10-6-4-7-11-18)17(3)21(16(15)2)23-19-12-8-5-9-13-19/h4-14H,1-3H3. The van der Waals surface area contributed by atoms with Crippen molar-refractivity contribution in [2.45, 2.75) is 20.8 Å². The number of hydrogen-bond acceptors (Lipinski definition) is 2. The minimum Gasteiger partial charge on any atom is -0.457 e. The number of aryl methyl sites for hydroxylation is 1. The van der Waals surface area contributed by atoms with Crippen molar-refractivity contribution in [1.82, 2.24) is 0 Å². The Morgan fingerprint density at radius 2 is 1.13 bits per heavy atom. The van der Waals surface area contributed by atoms with Gasteiger partial charge in [-0.3, -0.25) is 0 Å². The molecule has 2 nitrogen and oxygen atoms in total. The molecule has 0 spiro atoms. The second-order valence-corrected chi connectivity index (χ2v) is 5.60. The van der Waals surface area contributed by atoms with E-state index in [0.29, 0.717) is 0 Å². The Balaban J connectivity index is 1.99. The van der Waals surface area contributed by atoms with Gasteiger partial charge in [-0.15, -0.1) is 0 Å². The number of hydrogen-bond donors (Lipinski definition) is 0. The van der Waals surface area contributed by atoms with Crippen molar-refractivity contribution >= 4 is 0 Å². The summed E-state index contributed by atoms with van der Waals surface area (Å²) in [5.41, 5.74) is 3.28. The Kier molecular flexibility index (Phi) is 4.33. The summed E-state index contributed by atoms with van der Waals surface area (Å²) in [5, 5.41) is 0. The van der Waals surface area contributed by atoms with E-state index in [1.54, 1.807) is 0 Å². The minimum atomic E-state index is 0.824. The van der Waals surface area contributed by atoms with E-state index < -0.39 is 0 Å². The highest BCUT2D eigenvalue weighted by Crippen LogP contribution is 2.38. The Morgan fingerprint density at radius 3 is 1.70 bits per heavy atom. The average Bonchev–Trinajstić information content (AvgIpc) is 2.58. The molecule has 0 heterocycles. The van der Waals surface area contributed by atoms with Crippen LogP contribution in [-0.2, 0) is 0 Å². The Labute approximate surface area is 137 Å². The van der Waals surface area contributed by atoms with E-state index >= 15 is 0 Å². The zero-order valence-electron chi connectivity index (χ0n) is 13.7. The molecule has 0 radical (unpaired) electrons. The summed E-state index contributed by atoms with van der Waals surface area (Å²) in [6.07, 6.45) is 0. The fourth-order valence-corrected chi connectivity index (χ4v) is 2.47. The van der Waals surface area contributed by atoms with Crippen LogP contribution in [0.3, 0.4) is 0 Å². The van der Waals surface area contributed by atoms with Crippen LogP contribution in [0.4, 0.5) is 0 Å². The molecule has 0 saturated carbocycles. The van der Waals surface area contributed by atoms with E-state index in [2.05, 4.69) is 19.9 Å². The Hall–Kier alpha value is -2.74. The lowest BCUT2D eigenvalue weighted by atomic mass is 10.0. The summed E-state index contributed by atoms with van der Waals surface area (Å²) in [6.45, 7) is 6.18. The zero-order chi connectivity index (χ0) is 16.2. The van der Waals surface area contributed by atoms with Gasteiger partial charge in [-0.05, 0) is 62.2 Å². The highest BCUT2D eigenvalue weighted by atomic mass is 16.5. The van der Waals surface area contributed by atoms with Crippen molar-refractivity contribution in [3.8, 4) is 23.0 Å². The lowest BCUT2D eigenvalue weighted by molar-refractivity contribution is 0.450. The third-order valence-electron chi connectivity index (χ3n) is 3.92. The largest absolute Gasteiger partial charge is 0.457 e. The van der Waals surface area contributed by atoms with E-state index in [4.69, 9.17) is 9.47 Å². The van der Waals surface area contributed by atoms with Gasteiger partial charge in [0.05, 0.1) is 0 Å². The van der Waals surface area contributed by atoms with Crippen molar-refractivity contribution < 1.29 is 9.47 Å². The normalized spacial score (nSPS) is 10.4. The van der Waals surface area contributed by atoms with Crippen LogP contribution in [0, 0.1) is 20.8 Å². The SMILES string of the molecule is Cc1cc(Oc2ccccc2)c(C)c(Oc2ccccc2)c1C. The molecule has 0 aliphatic rings. The highest BCUT2D eigenvalue weighted by molar-refractivity contribution is 5.55. The monoisotopic (exact) mass is 304 g/mol. The van der Waals surface area contributed by atoms with E-state index in [9.17, 15) is 0 Å². The van der Waals surface area contributed by atoms with Crippen LogP contribution >= 0.6 is 0 Å². The van der Waals surface area contributed by atoms with Crippen molar-refractivity contribution in [2.24, 2.45) is 0 Å². The van der Waals surface area contributed by atoms with Crippen LogP contribution in [0.5, 0.6) is 23.0 Å². The highest BCUT2D eigenvalue weighted by Gasteiger charge is 2.14. The molecular formula is C21H20O2. The maximum absolute atomic E-state index is 6.12. The van der Waals surface area contributed by atoms with Gasteiger partial charge in [-0.25, -0.2) is 0 Å². The van der Waals surface area contributed by atoms with Crippen LogP contribution in [-0.4, -0.2) is 0 Å². The second kappa shape index (κ2) is 6.57. The second-order valence-electron chi connectivity index (χ2n) is 5.60. The topological polar surface area (TPSA) is 18.5 Å². The van der Waals surface area contributed by atoms with Crippen molar-refractivity contribution in [3.63, 3.8) is 0 Å². The first-order chi connectivity index (χ1) is 11.1. The van der Waals surface area contributed by atoms with Crippen molar-refractivity contribution in [2.75, 3.05) is 0 Å². The van der Waals surface area contributed by atoms with Gasteiger partial charge in [0, 0.05) is 5.56 Å². The van der Waals surface area contributed by atoms with Crippen LogP contribution in [0.2, 0.25) is 0 Å². The van der Waals surface area contributed by atoms with Gasteiger partial charge in [-0.1, -0.05) is 36.4 Å². The first-order valence-electron chi connectivity index (χ1n) is 7.72. The molecule has 0 aromatic heterocycles. The summed E-state index contributed by atoms with van der Waals surface area (Å²) in [5.74, 6) is 3.34. The number of benzene rings is 3. The average molecular weight is 304 g/mol. The molecule has 3 rings (SSSR count). The maximum atomic E-state index is 6.12. The molecule has 0 atom stereocenters. The number of para-hydroxylation sites is 2. The van der Waals surface area contributed by atoms with E-state index in [-0.39, 0.29) is 0 Å². The van der Waals surface area contributed by atoms with Gasteiger partial charge >= 0.3 is 0 Å². The Bertz CT molecular complexity index is 793. The molecular weight excluding hydrogens is 284 g/mol. The molecule has 23 heavy (non-hydrogen) atoms. The molecule has 0 bridgehead atoms. The van der Waals surface area contributed by atoms with Gasteiger partial charge < -0.3 is 9.47 Å². The molecule has 0 aliphatic carbocycles. The fourth-order valence-electron chi connectivity index (χ4n) is 2.47. The number of rotatable bonds is 4. The summed E-state index contributed by atoms with van der Waals surface area (Å²) in [7, 11) is 0. The van der Waals surface area contributed by atoms with Gasteiger partial charge in [-0.2, -0.15) is 0 Å². The van der Waals surface area contributed by atoms with Gasteiger partial charge in [0.1, 0.15) is 23.0 Å². The third-order valence-corrected chi connectivity index (χ3v) is 3.92. The van der Waals surface area contributed by atoms with Crippen molar-refractivity contribution in [1.29, 1.82) is 0 Å². The first kappa shape index (κ1) is 15.2. The first-order valence-corrected chi connectivity index (χ1v) is 7.72. The van der Waals surface area contributed by atoms with Crippen LogP contribution < -0.4 is 9.47 Å².